The maximum absolute atomic E-state index is 12.7. The molecule has 2 aromatic carbocycles. The average molecular weight is 444 g/mol. The van der Waals surface area contributed by atoms with Crippen LogP contribution in [-0.4, -0.2) is 31.1 Å². The standard InChI is InChI=1S/C27H29N3O3/c1-32-24-13-12-21(19-28-17-14-22-11-5-6-15-29-22)23-18-25(33-26(23)24)27(31)30-16-7-10-20-8-3-2-4-9-20/h2-6,8-9,11-13,15,18,28H,7,10,14,16-17,19H2,1H3,(H,30,31). The summed E-state index contributed by atoms with van der Waals surface area (Å²) in [6, 6.07) is 21.9. The quantitative estimate of drug-likeness (QED) is 0.333. The number of aromatic nitrogens is 1. The van der Waals surface area contributed by atoms with Crippen LogP contribution in [0, 0.1) is 0 Å². The highest BCUT2D eigenvalue weighted by Crippen LogP contribution is 2.31. The van der Waals surface area contributed by atoms with Gasteiger partial charge in [0.1, 0.15) is 0 Å². The predicted molar refractivity (Wildman–Crippen MR) is 130 cm³/mol. The van der Waals surface area contributed by atoms with Crippen LogP contribution in [0.15, 0.2) is 77.3 Å². The first-order chi connectivity index (χ1) is 16.2. The summed E-state index contributed by atoms with van der Waals surface area (Å²) in [4.78, 5) is 17.0. The second-order valence-electron chi connectivity index (χ2n) is 7.87. The van der Waals surface area contributed by atoms with Crippen LogP contribution < -0.4 is 15.4 Å². The van der Waals surface area contributed by atoms with Gasteiger partial charge in [-0.2, -0.15) is 0 Å². The van der Waals surface area contributed by atoms with Gasteiger partial charge in [0, 0.05) is 43.3 Å². The Kier molecular flexibility index (Phi) is 7.72. The van der Waals surface area contributed by atoms with E-state index in [0.29, 0.717) is 30.2 Å². The predicted octanol–water partition coefficient (Wildman–Crippen LogP) is 4.53. The Balaban J connectivity index is 1.36. The molecule has 0 spiro atoms. The van der Waals surface area contributed by atoms with Crippen LogP contribution in [0.1, 0.15) is 33.8 Å². The summed E-state index contributed by atoms with van der Waals surface area (Å²) >= 11 is 0. The summed E-state index contributed by atoms with van der Waals surface area (Å²) in [6.07, 6.45) is 4.44. The maximum atomic E-state index is 12.7. The van der Waals surface area contributed by atoms with Crippen molar-refractivity contribution in [1.29, 1.82) is 0 Å². The maximum Gasteiger partial charge on any atom is 0.287 e. The second kappa shape index (κ2) is 11.3. The molecular formula is C27H29N3O3. The van der Waals surface area contributed by atoms with Gasteiger partial charge in [0.25, 0.3) is 5.91 Å². The molecule has 6 nitrogen and oxygen atoms in total. The molecule has 0 aliphatic rings. The highest BCUT2D eigenvalue weighted by molar-refractivity contribution is 5.98. The number of amides is 1. The van der Waals surface area contributed by atoms with E-state index in [1.165, 1.54) is 5.56 Å². The number of nitrogens with one attached hydrogen (secondary N) is 2. The number of hydrogen-bond donors (Lipinski definition) is 2. The van der Waals surface area contributed by atoms with Crippen molar-refractivity contribution in [3.63, 3.8) is 0 Å². The third-order valence-corrected chi connectivity index (χ3v) is 5.55. The Morgan fingerprint density at radius 2 is 1.85 bits per heavy atom. The number of carbonyl (C=O) groups is 1. The molecule has 0 unspecified atom stereocenters. The number of rotatable bonds is 11. The molecule has 1 amide bonds. The number of carbonyl (C=O) groups excluding carboxylic acids is 1. The summed E-state index contributed by atoms with van der Waals surface area (Å²) in [5.74, 6) is 0.699. The van der Waals surface area contributed by atoms with Gasteiger partial charge in [0.05, 0.1) is 7.11 Å². The van der Waals surface area contributed by atoms with Crippen molar-refractivity contribution >= 4 is 16.9 Å². The van der Waals surface area contributed by atoms with Gasteiger partial charge in [-0.25, -0.2) is 0 Å². The van der Waals surface area contributed by atoms with E-state index in [0.717, 1.165) is 42.5 Å². The molecule has 33 heavy (non-hydrogen) atoms. The lowest BCUT2D eigenvalue weighted by Gasteiger charge is -2.08. The van der Waals surface area contributed by atoms with E-state index >= 15 is 0 Å². The van der Waals surface area contributed by atoms with Gasteiger partial charge in [-0.3, -0.25) is 9.78 Å². The highest BCUT2D eigenvalue weighted by Gasteiger charge is 2.17. The fourth-order valence-electron chi connectivity index (χ4n) is 3.79. The van der Waals surface area contributed by atoms with E-state index in [-0.39, 0.29) is 5.91 Å². The molecule has 2 N–H and O–H groups in total. The van der Waals surface area contributed by atoms with Crippen molar-refractivity contribution in [2.24, 2.45) is 0 Å². The van der Waals surface area contributed by atoms with Crippen molar-refractivity contribution < 1.29 is 13.9 Å². The Morgan fingerprint density at radius 3 is 2.64 bits per heavy atom. The van der Waals surface area contributed by atoms with E-state index in [9.17, 15) is 4.79 Å². The average Bonchev–Trinajstić information content (AvgIpc) is 3.32. The number of methoxy groups -OCH3 is 1. The minimum Gasteiger partial charge on any atom is -0.493 e. The van der Waals surface area contributed by atoms with Gasteiger partial charge in [0.2, 0.25) is 0 Å². The van der Waals surface area contributed by atoms with Crippen molar-refractivity contribution in [2.75, 3.05) is 20.2 Å². The van der Waals surface area contributed by atoms with Crippen molar-refractivity contribution in [2.45, 2.75) is 25.8 Å². The molecule has 0 radical (unpaired) electrons. The van der Waals surface area contributed by atoms with Crippen LogP contribution >= 0.6 is 0 Å². The topological polar surface area (TPSA) is 76.4 Å². The zero-order valence-electron chi connectivity index (χ0n) is 18.8. The molecule has 0 saturated carbocycles. The molecule has 4 rings (SSSR count). The zero-order chi connectivity index (χ0) is 22.9. The van der Waals surface area contributed by atoms with Gasteiger partial charge < -0.3 is 19.8 Å². The summed E-state index contributed by atoms with van der Waals surface area (Å²) < 4.78 is 11.4. The molecule has 0 saturated heterocycles. The van der Waals surface area contributed by atoms with Gasteiger partial charge in [-0.05, 0) is 48.2 Å². The molecule has 0 fully saturated rings. The fourth-order valence-corrected chi connectivity index (χ4v) is 3.79. The SMILES string of the molecule is COc1ccc(CNCCc2ccccn2)c2cc(C(=O)NCCCc3ccccc3)oc12. The van der Waals surface area contributed by atoms with E-state index in [1.807, 2.05) is 54.7 Å². The first-order valence-electron chi connectivity index (χ1n) is 11.3. The normalized spacial score (nSPS) is 10.9. The zero-order valence-corrected chi connectivity index (χ0v) is 18.8. The minimum absolute atomic E-state index is 0.213. The minimum atomic E-state index is -0.213. The summed E-state index contributed by atoms with van der Waals surface area (Å²) in [6.45, 7) is 2.05. The molecular weight excluding hydrogens is 414 g/mol. The number of furan rings is 1. The van der Waals surface area contributed by atoms with Crippen LogP contribution in [0.4, 0.5) is 0 Å². The molecule has 4 aromatic rings. The van der Waals surface area contributed by atoms with Gasteiger partial charge in [-0.15, -0.1) is 0 Å². The molecule has 2 heterocycles. The number of aryl methyl sites for hydroxylation is 1. The molecule has 6 heteroatoms. The van der Waals surface area contributed by atoms with Crippen molar-refractivity contribution in [3.05, 3.63) is 95.5 Å². The van der Waals surface area contributed by atoms with E-state index in [4.69, 9.17) is 9.15 Å². The highest BCUT2D eigenvalue weighted by atomic mass is 16.5. The van der Waals surface area contributed by atoms with E-state index in [1.54, 1.807) is 13.2 Å². The largest absolute Gasteiger partial charge is 0.493 e. The van der Waals surface area contributed by atoms with Crippen molar-refractivity contribution in [3.8, 4) is 5.75 Å². The summed E-state index contributed by atoms with van der Waals surface area (Å²) in [5, 5.41) is 7.30. The lowest BCUT2D eigenvalue weighted by molar-refractivity contribution is 0.0927. The molecule has 0 aliphatic heterocycles. The third-order valence-electron chi connectivity index (χ3n) is 5.55. The number of benzene rings is 2. The Bertz CT molecular complexity index is 1170. The van der Waals surface area contributed by atoms with Crippen LogP contribution in [0.25, 0.3) is 11.0 Å². The summed E-state index contributed by atoms with van der Waals surface area (Å²) in [7, 11) is 1.60. The molecule has 2 aromatic heterocycles. The Labute approximate surface area is 194 Å². The fraction of sp³-hybridized carbons (Fsp3) is 0.259. The molecule has 0 atom stereocenters. The number of fused-ring (bicyclic) bond motifs is 1. The van der Waals surface area contributed by atoms with E-state index in [2.05, 4.69) is 27.8 Å². The van der Waals surface area contributed by atoms with Crippen molar-refractivity contribution in [1.82, 2.24) is 15.6 Å². The van der Waals surface area contributed by atoms with Crippen LogP contribution in [-0.2, 0) is 19.4 Å². The number of hydrogen-bond acceptors (Lipinski definition) is 5. The Hall–Kier alpha value is -3.64. The van der Waals surface area contributed by atoms with Crippen LogP contribution in [0.2, 0.25) is 0 Å². The second-order valence-corrected chi connectivity index (χ2v) is 7.87. The third kappa shape index (κ3) is 5.99. The molecule has 170 valence electrons. The summed E-state index contributed by atoms with van der Waals surface area (Å²) in [5.41, 5.74) is 3.97. The first kappa shape index (κ1) is 22.6. The van der Waals surface area contributed by atoms with Crippen LogP contribution in [0.5, 0.6) is 5.75 Å². The lowest BCUT2D eigenvalue weighted by Crippen LogP contribution is -2.24. The number of ether oxygens (including phenoxy) is 1. The van der Waals surface area contributed by atoms with Gasteiger partial charge in [-0.1, -0.05) is 42.5 Å². The number of pyridine rings is 1. The van der Waals surface area contributed by atoms with Gasteiger partial charge in [0.15, 0.2) is 17.1 Å². The van der Waals surface area contributed by atoms with E-state index < -0.39 is 0 Å². The Morgan fingerprint density at radius 1 is 1.00 bits per heavy atom. The monoisotopic (exact) mass is 443 g/mol. The number of nitrogens with zero attached hydrogens (tertiary/aromatic N) is 1. The smallest absolute Gasteiger partial charge is 0.287 e. The van der Waals surface area contributed by atoms with Gasteiger partial charge >= 0.3 is 0 Å². The molecule has 0 bridgehead atoms. The van der Waals surface area contributed by atoms with Crippen LogP contribution in [0.3, 0.4) is 0 Å². The lowest BCUT2D eigenvalue weighted by atomic mass is 10.1. The molecule has 0 aliphatic carbocycles. The first-order valence-corrected chi connectivity index (χ1v) is 11.3.